The maximum absolute atomic E-state index is 14.4. The van der Waals surface area contributed by atoms with Gasteiger partial charge >= 0.3 is 0 Å². The van der Waals surface area contributed by atoms with Gasteiger partial charge in [-0.05, 0) is 25.8 Å². The highest BCUT2D eigenvalue weighted by Gasteiger charge is 2.35. The lowest BCUT2D eigenvalue weighted by Crippen LogP contribution is -2.41. The summed E-state index contributed by atoms with van der Waals surface area (Å²) in [6.45, 7) is 3.80. The number of amides is 1. The topological polar surface area (TPSA) is 84.1 Å². The summed E-state index contributed by atoms with van der Waals surface area (Å²) in [4.78, 5) is 22.9. The van der Waals surface area contributed by atoms with Crippen molar-refractivity contribution in [3.05, 3.63) is 48.2 Å². The number of fused-ring (bicyclic) bond motifs is 3. The number of nitrogens with one attached hydrogen (secondary N) is 1. The molecule has 4 rings (SSSR count). The molecule has 11 heteroatoms. The number of aliphatic imine (C=N–C) groups is 1. The molecule has 1 atom stereocenters. The molecule has 164 valence electrons. The van der Waals surface area contributed by atoms with Crippen LogP contribution < -0.4 is 10.2 Å². The molecule has 0 aliphatic carbocycles. The summed E-state index contributed by atoms with van der Waals surface area (Å²) in [6.07, 6.45) is 5.29. The Balaban J connectivity index is 1.81. The summed E-state index contributed by atoms with van der Waals surface area (Å²) in [7, 11) is 0. The van der Waals surface area contributed by atoms with E-state index in [-0.39, 0.29) is 23.2 Å². The average molecular weight is 434 g/mol. The standard InChI is InChI=1S/C20H21F3N6O2/c1-12(21)8-24-19-13(2)15-4-3-6-28(15)16-5-7-29-17(27-16)14(9-26-29)18(30)25-10-20(22,23)11-31-19/h5,7-9,15H,2-4,6,10-11H2,1H3,(H,25,30)/b12-8+,24-19+/t15-/m1/s1. The van der Waals surface area contributed by atoms with Gasteiger partial charge in [-0.3, -0.25) is 4.79 Å². The molecule has 2 bridgehead atoms. The number of anilines is 1. The highest BCUT2D eigenvalue weighted by atomic mass is 19.3. The Morgan fingerprint density at radius 3 is 3.06 bits per heavy atom. The zero-order valence-corrected chi connectivity index (χ0v) is 16.8. The molecule has 1 N–H and O–H groups in total. The lowest BCUT2D eigenvalue weighted by molar-refractivity contribution is -0.0413. The van der Waals surface area contributed by atoms with Gasteiger partial charge in [-0.25, -0.2) is 27.7 Å². The van der Waals surface area contributed by atoms with E-state index in [1.54, 1.807) is 12.3 Å². The van der Waals surface area contributed by atoms with E-state index in [2.05, 4.69) is 27.0 Å². The molecular formula is C20H21F3N6O2. The molecule has 2 aromatic heterocycles. The predicted octanol–water partition coefficient (Wildman–Crippen LogP) is 2.88. The zero-order valence-electron chi connectivity index (χ0n) is 16.8. The SMILES string of the molecule is C=C1/C(=N\C=C(/C)F)OCC(F)(F)CNC(=O)c2cnn3ccc(nc23)N2CCC[C@H]12. The third-order valence-corrected chi connectivity index (χ3v) is 5.11. The number of hydrogen-bond acceptors (Lipinski definition) is 6. The van der Waals surface area contributed by atoms with Crippen LogP contribution in [0.4, 0.5) is 19.0 Å². The second kappa shape index (κ2) is 8.05. The van der Waals surface area contributed by atoms with Crippen LogP contribution in [0.15, 0.2) is 47.6 Å². The van der Waals surface area contributed by atoms with Crippen LogP contribution in [-0.4, -0.2) is 58.1 Å². The third-order valence-electron chi connectivity index (χ3n) is 5.11. The first-order chi connectivity index (χ1) is 14.7. The van der Waals surface area contributed by atoms with Gasteiger partial charge in [0.1, 0.15) is 17.2 Å². The van der Waals surface area contributed by atoms with Gasteiger partial charge in [0.25, 0.3) is 11.8 Å². The van der Waals surface area contributed by atoms with E-state index in [9.17, 15) is 18.0 Å². The monoisotopic (exact) mass is 434 g/mol. The molecule has 1 fully saturated rings. The summed E-state index contributed by atoms with van der Waals surface area (Å²) >= 11 is 0. The highest BCUT2D eigenvalue weighted by Crippen LogP contribution is 2.30. The molecule has 4 heterocycles. The quantitative estimate of drug-likeness (QED) is 0.746. The zero-order chi connectivity index (χ0) is 22.2. The van der Waals surface area contributed by atoms with Crippen molar-refractivity contribution in [2.24, 2.45) is 4.99 Å². The van der Waals surface area contributed by atoms with Gasteiger partial charge in [-0.15, -0.1) is 0 Å². The number of carbonyl (C=O) groups is 1. The molecule has 31 heavy (non-hydrogen) atoms. The summed E-state index contributed by atoms with van der Waals surface area (Å²) in [5.41, 5.74) is 0.700. The minimum atomic E-state index is -3.40. The fourth-order valence-electron chi connectivity index (χ4n) is 3.62. The van der Waals surface area contributed by atoms with E-state index in [0.717, 1.165) is 12.6 Å². The number of rotatable bonds is 1. The Hall–Kier alpha value is -3.37. The number of alkyl halides is 2. The van der Waals surface area contributed by atoms with Crippen LogP contribution in [0.2, 0.25) is 0 Å². The average Bonchev–Trinajstić information content (AvgIpc) is 3.37. The summed E-state index contributed by atoms with van der Waals surface area (Å²) in [5, 5.41) is 6.27. The van der Waals surface area contributed by atoms with Gasteiger partial charge in [0, 0.05) is 18.3 Å². The Labute approximate surface area is 176 Å². The second-order valence-corrected chi connectivity index (χ2v) is 7.47. The van der Waals surface area contributed by atoms with Crippen molar-refractivity contribution in [2.75, 3.05) is 24.6 Å². The van der Waals surface area contributed by atoms with Crippen molar-refractivity contribution >= 4 is 23.3 Å². The van der Waals surface area contributed by atoms with E-state index in [0.29, 0.717) is 24.4 Å². The van der Waals surface area contributed by atoms with Crippen molar-refractivity contribution in [1.82, 2.24) is 19.9 Å². The van der Waals surface area contributed by atoms with E-state index < -0.39 is 30.8 Å². The van der Waals surface area contributed by atoms with E-state index >= 15 is 0 Å². The van der Waals surface area contributed by atoms with Crippen molar-refractivity contribution in [3.63, 3.8) is 0 Å². The lowest BCUT2D eigenvalue weighted by atomic mass is 10.1. The Morgan fingerprint density at radius 2 is 2.29 bits per heavy atom. The van der Waals surface area contributed by atoms with E-state index in [1.807, 2.05) is 4.90 Å². The van der Waals surface area contributed by atoms with Crippen LogP contribution >= 0.6 is 0 Å². The molecule has 0 aromatic carbocycles. The molecule has 0 unspecified atom stereocenters. The molecule has 2 aliphatic heterocycles. The molecule has 2 aliphatic rings. The number of nitrogens with zero attached hydrogens (tertiary/aromatic N) is 5. The maximum atomic E-state index is 14.4. The Kier molecular flexibility index (Phi) is 5.42. The van der Waals surface area contributed by atoms with Crippen LogP contribution in [0.25, 0.3) is 5.65 Å². The van der Waals surface area contributed by atoms with Gasteiger partial charge in [0.15, 0.2) is 12.3 Å². The first-order valence-electron chi connectivity index (χ1n) is 9.74. The summed E-state index contributed by atoms with van der Waals surface area (Å²) in [6, 6.07) is 1.41. The maximum Gasteiger partial charge on any atom is 0.298 e. The molecule has 1 amide bonds. The number of carbonyl (C=O) groups excluding carboxylic acids is 1. The predicted molar refractivity (Wildman–Crippen MR) is 108 cm³/mol. The van der Waals surface area contributed by atoms with Crippen LogP contribution in [0, 0.1) is 0 Å². The number of ether oxygens (including phenoxy) is 1. The smallest absolute Gasteiger partial charge is 0.298 e. The molecule has 2 aromatic rings. The van der Waals surface area contributed by atoms with Crippen LogP contribution in [0.3, 0.4) is 0 Å². The van der Waals surface area contributed by atoms with Crippen LogP contribution in [-0.2, 0) is 4.74 Å². The minimum Gasteiger partial charge on any atom is -0.471 e. The Morgan fingerprint density at radius 1 is 1.48 bits per heavy atom. The number of halogens is 3. The normalized spacial score (nSPS) is 23.6. The fourth-order valence-corrected chi connectivity index (χ4v) is 3.62. The van der Waals surface area contributed by atoms with Crippen LogP contribution in [0.5, 0.6) is 0 Å². The summed E-state index contributed by atoms with van der Waals surface area (Å²) in [5.74, 6) is -4.32. The largest absolute Gasteiger partial charge is 0.471 e. The van der Waals surface area contributed by atoms with Gasteiger partial charge in [-0.2, -0.15) is 5.10 Å². The van der Waals surface area contributed by atoms with Crippen molar-refractivity contribution in [1.29, 1.82) is 0 Å². The molecule has 0 saturated carbocycles. The number of allylic oxidation sites excluding steroid dienone is 1. The molecule has 8 nitrogen and oxygen atoms in total. The number of hydrogen-bond donors (Lipinski definition) is 1. The van der Waals surface area contributed by atoms with Gasteiger partial charge < -0.3 is 15.0 Å². The van der Waals surface area contributed by atoms with Crippen LogP contribution in [0.1, 0.15) is 30.1 Å². The van der Waals surface area contributed by atoms with Gasteiger partial charge in [0.2, 0.25) is 5.90 Å². The Bertz CT molecular complexity index is 1090. The minimum absolute atomic E-state index is 0.0935. The van der Waals surface area contributed by atoms with Gasteiger partial charge in [-0.1, -0.05) is 6.58 Å². The van der Waals surface area contributed by atoms with E-state index in [4.69, 9.17) is 4.74 Å². The molecule has 0 spiro atoms. The van der Waals surface area contributed by atoms with Crippen molar-refractivity contribution < 1.29 is 22.7 Å². The molecular weight excluding hydrogens is 413 g/mol. The van der Waals surface area contributed by atoms with Crippen molar-refractivity contribution in [3.8, 4) is 0 Å². The first kappa shape index (κ1) is 20.9. The first-order valence-corrected chi connectivity index (χ1v) is 9.74. The van der Waals surface area contributed by atoms with E-state index in [1.165, 1.54) is 17.6 Å². The second-order valence-electron chi connectivity index (χ2n) is 7.47. The fraction of sp³-hybridized carbons (Fsp3) is 0.400. The highest BCUT2D eigenvalue weighted by molar-refractivity contribution is 6.00. The lowest BCUT2D eigenvalue weighted by Gasteiger charge is -2.28. The van der Waals surface area contributed by atoms with Crippen molar-refractivity contribution in [2.45, 2.75) is 31.7 Å². The third kappa shape index (κ3) is 4.25. The summed E-state index contributed by atoms with van der Waals surface area (Å²) < 4.78 is 48.7. The molecule has 1 saturated heterocycles. The molecule has 0 radical (unpaired) electrons. The van der Waals surface area contributed by atoms with Gasteiger partial charge in [0.05, 0.1) is 25.0 Å². The number of aromatic nitrogens is 3.